The minimum atomic E-state index is 0.654. The van der Waals surface area contributed by atoms with Gasteiger partial charge in [0.1, 0.15) is 6.07 Å². The first-order chi connectivity index (χ1) is 10.1. The number of nitrogens with one attached hydrogen (secondary N) is 1. The number of thiazole rings is 1. The van der Waals surface area contributed by atoms with E-state index in [2.05, 4.69) is 33.9 Å². The van der Waals surface area contributed by atoms with Crippen LogP contribution in [0.4, 0.5) is 5.69 Å². The van der Waals surface area contributed by atoms with E-state index < -0.39 is 0 Å². The Labute approximate surface area is 127 Å². The van der Waals surface area contributed by atoms with Crippen LogP contribution in [-0.2, 0) is 6.54 Å². The van der Waals surface area contributed by atoms with Gasteiger partial charge in [0.25, 0.3) is 0 Å². The summed E-state index contributed by atoms with van der Waals surface area (Å²) < 4.78 is 2.13. The van der Waals surface area contributed by atoms with E-state index >= 15 is 0 Å². The van der Waals surface area contributed by atoms with Crippen molar-refractivity contribution in [2.75, 3.05) is 5.32 Å². The molecule has 1 aromatic carbocycles. The van der Waals surface area contributed by atoms with Crippen molar-refractivity contribution < 1.29 is 0 Å². The quantitative estimate of drug-likeness (QED) is 0.799. The van der Waals surface area contributed by atoms with Gasteiger partial charge in [0, 0.05) is 11.1 Å². The number of benzene rings is 1. The fraction of sp³-hybridized carbons (Fsp3) is 0.250. The molecule has 0 spiro atoms. The second-order valence-corrected chi connectivity index (χ2v) is 6.31. The van der Waals surface area contributed by atoms with Crippen LogP contribution >= 0.6 is 11.3 Å². The van der Waals surface area contributed by atoms with Crippen LogP contribution < -0.4 is 5.32 Å². The number of hydrogen-bond donors (Lipinski definition) is 1. The molecule has 2 heterocycles. The number of nitrogens with zero attached hydrogens (tertiary/aromatic N) is 3. The molecule has 3 aromatic rings. The van der Waals surface area contributed by atoms with E-state index in [-0.39, 0.29) is 0 Å². The molecule has 0 saturated heterocycles. The van der Waals surface area contributed by atoms with Crippen molar-refractivity contribution in [3.8, 4) is 6.07 Å². The molecule has 0 aliphatic rings. The van der Waals surface area contributed by atoms with E-state index in [0.717, 1.165) is 27.6 Å². The molecular formula is C16H16N4S. The number of hydrogen-bond acceptors (Lipinski definition) is 4. The van der Waals surface area contributed by atoms with Gasteiger partial charge in [-0.3, -0.25) is 4.40 Å². The van der Waals surface area contributed by atoms with Crippen LogP contribution in [0.3, 0.4) is 0 Å². The van der Waals surface area contributed by atoms with Gasteiger partial charge in [-0.1, -0.05) is 12.1 Å². The fourth-order valence-electron chi connectivity index (χ4n) is 2.46. The zero-order valence-electron chi connectivity index (χ0n) is 12.3. The third-order valence-corrected chi connectivity index (χ3v) is 4.47. The van der Waals surface area contributed by atoms with Crippen molar-refractivity contribution in [3.05, 3.63) is 51.8 Å². The topological polar surface area (TPSA) is 53.1 Å². The molecular weight excluding hydrogens is 280 g/mol. The van der Waals surface area contributed by atoms with Crippen LogP contribution in [-0.4, -0.2) is 9.38 Å². The first kappa shape index (κ1) is 13.7. The SMILES string of the molecule is Cc1cn2c(CNc3cccc(C)c3C#N)c(C)nc2s1. The van der Waals surface area contributed by atoms with Crippen molar-refractivity contribution >= 4 is 22.0 Å². The lowest BCUT2D eigenvalue weighted by atomic mass is 10.1. The van der Waals surface area contributed by atoms with E-state index in [0.29, 0.717) is 12.1 Å². The lowest BCUT2D eigenvalue weighted by Crippen LogP contribution is -2.05. The Hall–Kier alpha value is -2.32. The Morgan fingerprint density at radius 1 is 1.33 bits per heavy atom. The van der Waals surface area contributed by atoms with E-state index in [1.165, 1.54) is 4.88 Å². The number of nitriles is 1. The standard InChI is InChI=1S/C16H16N4S/c1-10-5-4-6-14(13(10)7-17)18-8-15-12(3)19-16-20(15)9-11(2)21-16/h4-6,9,18H,8H2,1-3H3. The Kier molecular flexibility index (Phi) is 3.40. The summed E-state index contributed by atoms with van der Waals surface area (Å²) in [4.78, 5) is 6.85. The third kappa shape index (κ3) is 2.39. The monoisotopic (exact) mass is 296 g/mol. The predicted molar refractivity (Wildman–Crippen MR) is 85.8 cm³/mol. The van der Waals surface area contributed by atoms with Crippen LogP contribution in [0.5, 0.6) is 0 Å². The molecule has 5 heteroatoms. The molecule has 0 radical (unpaired) electrons. The van der Waals surface area contributed by atoms with Gasteiger partial charge >= 0.3 is 0 Å². The van der Waals surface area contributed by atoms with Crippen molar-refractivity contribution in [2.45, 2.75) is 27.3 Å². The second-order valence-electron chi connectivity index (χ2n) is 5.10. The second kappa shape index (κ2) is 5.23. The zero-order valence-corrected chi connectivity index (χ0v) is 13.1. The predicted octanol–water partition coefficient (Wildman–Crippen LogP) is 3.80. The molecule has 3 rings (SSSR count). The van der Waals surface area contributed by atoms with Gasteiger partial charge in [-0.25, -0.2) is 4.98 Å². The van der Waals surface area contributed by atoms with Gasteiger partial charge < -0.3 is 5.32 Å². The molecule has 0 fully saturated rings. The van der Waals surface area contributed by atoms with Crippen LogP contribution in [0, 0.1) is 32.1 Å². The molecule has 2 aromatic heterocycles. The number of imidazole rings is 1. The molecule has 0 bridgehead atoms. The maximum absolute atomic E-state index is 9.28. The summed E-state index contributed by atoms with van der Waals surface area (Å²) in [5.41, 5.74) is 4.74. The van der Waals surface area contributed by atoms with Crippen LogP contribution in [0.25, 0.3) is 4.96 Å². The molecule has 106 valence electrons. The average molecular weight is 296 g/mol. The highest BCUT2D eigenvalue weighted by Gasteiger charge is 2.12. The van der Waals surface area contributed by atoms with Gasteiger partial charge in [0.2, 0.25) is 0 Å². The highest BCUT2D eigenvalue weighted by Crippen LogP contribution is 2.23. The van der Waals surface area contributed by atoms with Gasteiger partial charge in [0.05, 0.1) is 29.2 Å². The minimum absolute atomic E-state index is 0.654. The summed E-state index contributed by atoms with van der Waals surface area (Å²) in [6, 6.07) is 8.13. The molecule has 21 heavy (non-hydrogen) atoms. The van der Waals surface area contributed by atoms with Gasteiger partial charge in [0.15, 0.2) is 4.96 Å². The van der Waals surface area contributed by atoms with Crippen molar-refractivity contribution in [3.63, 3.8) is 0 Å². The van der Waals surface area contributed by atoms with Crippen molar-refractivity contribution in [1.29, 1.82) is 5.26 Å². The molecule has 1 N–H and O–H groups in total. The Balaban J connectivity index is 1.92. The van der Waals surface area contributed by atoms with Crippen LogP contribution in [0.2, 0.25) is 0 Å². The van der Waals surface area contributed by atoms with E-state index in [1.807, 2.05) is 32.0 Å². The summed E-state index contributed by atoms with van der Waals surface area (Å²) in [6.45, 7) is 6.71. The smallest absolute Gasteiger partial charge is 0.194 e. The first-order valence-electron chi connectivity index (χ1n) is 6.77. The summed E-state index contributed by atoms with van der Waals surface area (Å²) >= 11 is 1.69. The number of rotatable bonds is 3. The lowest BCUT2D eigenvalue weighted by Gasteiger charge is -2.10. The zero-order chi connectivity index (χ0) is 15.0. The fourth-order valence-corrected chi connectivity index (χ4v) is 3.35. The minimum Gasteiger partial charge on any atom is -0.378 e. The number of anilines is 1. The summed E-state index contributed by atoms with van der Waals surface area (Å²) in [5.74, 6) is 0. The maximum atomic E-state index is 9.28. The Morgan fingerprint density at radius 2 is 2.14 bits per heavy atom. The highest BCUT2D eigenvalue weighted by atomic mass is 32.1. The van der Waals surface area contributed by atoms with E-state index in [1.54, 1.807) is 11.3 Å². The molecule has 0 aliphatic heterocycles. The first-order valence-corrected chi connectivity index (χ1v) is 7.59. The Morgan fingerprint density at radius 3 is 2.90 bits per heavy atom. The summed E-state index contributed by atoms with van der Waals surface area (Å²) in [6.07, 6.45) is 2.11. The van der Waals surface area contributed by atoms with Gasteiger partial charge in [-0.05, 0) is 32.4 Å². The average Bonchev–Trinajstić information content (AvgIpc) is 2.92. The summed E-state index contributed by atoms with van der Waals surface area (Å²) in [5, 5.41) is 12.7. The lowest BCUT2D eigenvalue weighted by molar-refractivity contribution is 0.990. The van der Waals surface area contributed by atoms with Crippen LogP contribution in [0.1, 0.15) is 27.4 Å². The highest BCUT2D eigenvalue weighted by molar-refractivity contribution is 7.17. The van der Waals surface area contributed by atoms with E-state index in [4.69, 9.17) is 0 Å². The summed E-state index contributed by atoms with van der Waals surface area (Å²) in [7, 11) is 0. The molecule has 0 amide bonds. The maximum Gasteiger partial charge on any atom is 0.194 e. The van der Waals surface area contributed by atoms with Crippen molar-refractivity contribution in [1.82, 2.24) is 9.38 Å². The molecule has 4 nitrogen and oxygen atoms in total. The van der Waals surface area contributed by atoms with Crippen molar-refractivity contribution in [2.24, 2.45) is 0 Å². The number of aryl methyl sites for hydroxylation is 3. The number of fused-ring (bicyclic) bond motifs is 1. The third-order valence-electron chi connectivity index (χ3n) is 3.57. The van der Waals surface area contributed by atoms with Crippen LogP contribution in [0.15, 0.2) is 24.4 Å². The molecule has 0 saturated carbocycles. The largest absolute Gasteiger partial charge is 0.378 e. The van der Waals surface area contributed by atoms with E-state index in [9.17, 15) is 5.26 Å². The normalized spacial score (nSPS) is 10.8. The van der Waals surface area contributed by atoms with Gasteiger partial charge in [-0.2, -0.15) is 5.26 Å². The molecule has 0 unspecified atom stereocenters. The number of aromatic nitrogens is 2. The van der Waals surface area contributed by atoms with Gasteiger partial charge in [-0.15, -0.1) is 11.3 Å². The molecule has 0 atom stereocenters. The Bertz CT molecular complexity index is 851. The molecule has 0 aliphatic carbocycles.